The van der Waals surface area contributed by atoms with Gasteiger partial charge in [0.1, 0.15) is 0 Å². The minimum Gasteiger partial charge on any atom is -0.475 e. The first-order valence-corrected chi connectivity index (χ1v) is 6.43. The molecule has 18 heavy (non-hydrogen) atoms. The second kappa shape index (κ2) is 6.54. The van der Waals surface area contributed by atoms with Crippen LogP contribution in [0.25, 0.3) is 0 Å². The van der Waals surface area contributed by atoms with E-state index >= 15 is 0 Å². The topological polar surface area (TPSA) is 64.3 Å². The highest BCUT2D eigenvalue weighted by atomic mass is 16.5. The first kappa shape index (κ1) is 14.7. The van der Waals surface area contributed by atoms with Crippen LogP contribution < -0.4 is 15.4 Å². The van der Waals surface area contributed by atoms with Gasteiger partial charge in [0.15, 0.2) is 0 Å². The Labute approximate surface area is 109 Å². The Hall–Kier alpha value is -1.36. The van der Waals surface area contributed by atoms with Gasteiger partial charge in [0.05, 0.1) is 6.10 Å². The summed E-state index contributed by atoms with van der Waals surface area (Å²) in [5, 5.41) is 0. The Morgan fingerprint density at radius 2 is 1.94 bits per heavy atom. The highest BCUT2D eigenvalue weighted by Gasteiger charge is 2.14. The van der Waals surface area contributed by atoms with Crippen molar-refractivity contribution in [1.29, 1.82) is 0 Å². The molecule has 0 spiro atoms. The van der Waals surface area contributed by atoms with E-state index in [0.29, 0.717) is 24.4 Å². The minimum atomic E-state index is 0.106. The molecule has 5 heteroatoms. The van der Waals surface area contributed by atoms with Crippen LogP contribution in [0.15, 0.2) is 6.07 Å². The molecular formula is C13H24N4O. The second-order valence-corrected chi connectivity index (χ2v) is 4.89. The summed E-state index contributed by atoms with van der Waals surface area (Å²) < 4.78 is 5.63. The fourth-order valence-electron chi connectivity index (χ4n) is 1.68. The number of ether oxygens (including phenoxy) is 1. The lowest BCUT2D eigenvalue weighted by molar-refractivity contribution is 0.232. The Bertz CT molecular complexity index is 379. The molecular weight excluding hydrogens is 228 g/mol. The Kier molecular flexibility index (Phi) is 5.34. The average molecular weight is 252 g/mol. The fourth-order valence-corrected chi connectivity index (χ4v) is 1.68. The van der Waals surface area contributed by atoms with Gasteiger partial charge in [-0.05, 0) is 34.6 Å². The standard InChI is InChI=1S/C13H24N4O/c1-9(2)17(7-6-14)13-15-11(5)8-12(16-13)18-10(3)4/h8-10H,6-7,14H2,1-5H3. The molecule has 1 rings (SSSR count). The van der Waals surface area contributed by atoms with Crippen LogP contribution in [0.1, 0.15) is 33.4 Å². The molecule has 0 aromatic carbocycles. The Balaban J connectivity index is 3.02. The van der Waals surface area contributed by atoms with Crippen LogP contribution in [0, 0.1) is 6.92 Å². The lowest BCUT2D eigenvalue weighted by Crippen LogP contribution is -2.36. The molecule has 0 bridgehead atoms. The van der Waals surface area contributed by atoms with Gasteiger partial charge >= 0.3 is 0 Å². The van der Waals surface area contributed by atoms with Gasteiger partial charge in [0, 0.05) is 30.9 Å². The highest BCUT2D eigenvalue weighted by Crippen LogP contribution is 2.18. The molecule has 0 unspecified atom stereocenters. The molecule has 0 aliphatic rings. The monoisotopic (exact) mass is 252 g/mol. The average Bonchev–Trinajstić information content (AvgIpc) is 2.23. The molecule has 0 radical (unpaired) electrons. The van der Waals surface area contributed by atoms with Crippen molar-refractivity contribution < 1.29 is 4.74 Å². The van der Waals surface area contributed by atoms with Crippen LogP contribution in [0.4, 0.5) is 5.95 Å². The molecule has 2 N–H and O–H groups in total. The van der Waals surface area contributed by atoms with Crippen molar-refractivity contribution in [2.24, 2.45) is 5.73 Å². The van der Waals surface area contributed by atoms with Crippen molar-refractivity contribution in [3.8, 4) is 5.88 Å². The molecule has 0 aliphatic heterocycles. The van der Waals surface area contributed by atoms with Crippen molar-refractivity contribution >= 4 is 5.95 Å². The van der Waals surface area contributed by atoms with E-state index in [1.54, 1.807) is 0 Å². The number of nitrogens with two attached hydrogens (primary N) is 1. The Morgan fingerprint density at radius 1 is 1.28 bits per heavy atom. The van der Waals surface area contributed by atoms with E-state index in [2.05, 4.69) is 28.7 Å². The largest absolute Gasteiger partial charge is 0.475 e. The van der Waals surface area contributed by atoms with Crippen LogP contribution in [-0.2, 0) is 0 Å². The van der Waals surface area contributed by atoms with Crippen LogP contribution in [0.3, 0.4) is 0 Å². The van der Waals surface area contributed by atoms with Crippen LogP contribution in [-0.4, -0.2) is 35.2 Å². The summed E-state index contributed by atoms with van der Waals surface area (Å²) in [5.74, 6) is 1.31. The maximum Gasteiger partial charge on any atom is 0.229 e. The van der Waals surface area contributed by atoms with E-state index in [0.717, 1.165) is 12.2 Å². The summed E-state index contributed by atoms with van der Waals surface area (Å²) in [4.78, 5) is 11.0. The van der Waals surface area contributed by atoms with Gasteiger partial charge in [-0.15, -0.1) is 0 Å². The molecule has 1 aromatic heterocycles. The zero-order valence-electron chi connectivity index (χ0n) is 12.0. The third kappa shape index (κ3) is 4.14. The van der Waals surface area contributed by atoms with E-state index in [-0.39, 0.29) is 6.10 Å². The van der Waals surface area contributed by atoms with Crippen molar-refractivity contribution in [1.82, 2.24) is 9.97 Å². The summed E-state index contributed by atoms with van der Waals surface area (Å²) in [6, 6.07) is 2.16. The number of nitrogens with zero attached hydrogens (tertiary/aromatic N) is 3. The van der Waals surface area contributed by atoms with Crippen molar-refractivity contribution in [3.05, 3.63) is 11.8 Å². The van der Waals surface area contributed by atoms with E-state index < -0.39 is 0 Å². The maximum absolute atomic E-state index is 5.63. The smallest absolute Gasteiger partial charge is 0.229 e. The predicted molar refractivity (Wildman–Crippen MR) is 74.1 cm³/mol. The third-order valence-corrected chi connectivity index (χ3v) is 2.43. The summed E-state index contributed by atoms with van der Waals surface area (Å²) in [6.45, 7) is 11.4. The quantitative estimate of drug-likeness (QED) is 0.835. The summed E-state index contributed by atoms with van der Waals surface area (Å²) >= 11 is 0. The summed E-state index contributed by atoms with van der Waals surface area (Å²) in [5.41, 5.74) is 6.53. The minimum absolute atomic E-state index is 0.106. The normalized spacial score (nSPS) is 11.1. The number of aromatic nitrogens is 2. The van der Waals surface area contributed by atoms with Crippen LogP contribution >= 0.6 is 0 Å². The number of hydrogen-bond donors (Lipinski definition) is 1. The molecule has 5 nitrogen and oxygen atoms in total. The summed E-state index contributed by atoms with van der Waals surface area (Å²) in [6.07, 6.45) is 0.106. The van der Waals surface area contributed by atoms with Crippen LogP contribution in [0.5, 0.6) is 5.88 Å². The molecule has 1 heterocycles. The molecule has 1 aromatic rings. The van der Waals surface area contributed by atoms with E-state index in [1.807, 2.05) is 26.8 Å². The number of rotatable bonds is 6. The maximum atomic E-state index is 5.63. The molecule has 0 amide bonds. The van der Waals surface area contributed by atoms with Gasteiger partial charge < -0.3 is 15.4 Å². The highest BCUT2D eigenvalue weighted by molar-refractivity contribution is 5.35. The van der Waals surface area contributed by atoms with Gasteiger partial charge in [-0.3, -0.25) is 0 Å². The fraction of sp³-hybridized carbons (Fsp3) is 0.692. The molecule has 0 atom stereocenters. The van der Waals surface area contributed by atoms with E-state index in [9.17, 15) is 0 Å². The molecule has 0 saturated carbocycles. The third-order valence-electron chi connectivity index (χ3n) is 2.43. The predicted octanol–water partition coefficient (Wildman–Crippen LogP) is 1.75. The number of aryl methyl sites for hydroxylation is 1. The number of hydrogen-bond acceptors (Lipinski definition) is 5. The SMILES string of the molecule is Cc1cc(OC(C)C)nc(N(CCN)C(C)C)n1. The number of anilines is 1. The van der Waals surface area contributed by atoms with Gasteiger partial charge in [-0.1, -0.05) is 0 Å². The van der Waals surface area contributed by atoms with E-state index in [1.165, 1.54) is 0 Å². The lowest BCUT2D eigenvalue weighted by Gasteiger charge is -2.26. The summed E-state index contributed by atoms with van der Waals surface area (Å²) in [7, 11) is 0. The van der Waals surface area contributed by atoms with Crippen molar-refractivity contribution in [2.75, 3.05) is 18.0 Å². The van der Waals surface area contributed by atoms with Crippen LogP contribution in [0.2, 0.25) is 0 Å². The van der Waals surface area contributed by atoms with Crippen molar-refractivity contribution in [3.63, 3.8) is 0 Å². The van der Waals surface area contributed by atoms with Gasteiger partial charge in [-0.25, -0.2) is 4.98 Å². The van der Waals surface area contributed by atoms with Crippen molar-refractivity contribution in [2.45, 2.75) is 46.8 Å². The van der Waals surface area contributed by atoms with Gasteiger partial charge in [0.2, 0.25) is 11.8 Å². The molecule has 0 aliphatic carbocycles. The molecule has 0 fully saturated rings. The van der Waals surface area contributed by atoms with Gasteiger partial charge in [0.25, 0.3) is 0 Å². The second-order valence-electron chi connectivity index (χ2n) is 4.89. The van der Waals surface area contributed by atoms with E-state index in [4.69, 9.17) is 10.5 Å². The molecule has 0 saturated heterocycles. The zero-order chi connectivity index (χ0) is 13.7. The Morgan fingerprint density at radius 3 is 2.44 bits per heavy atom. The molecule has 102 valence electrons. The zero-order valence-corrected chi connectivity index (χ0v) is 12.0. The van der Waals surface area contributed by atoms with Gasteiger partial charge in [-0.2, -0.15) is 4.98 Å². The lowest BCUT2D eigenvalue weighted by atomic mass is 10.3. The first-order chi connectivity index (χ1) is 8.43. The first-order valence-electron chi connectivity index (χ1n) is 6.43.